The molecule has 358 valence electrons. The van der Waals surface area contributed by atoms with Crippen LogP contribution in [0, 0.1) is 17.8 Å². The number of carbonyl (C=O) groups is 4. The molecule has 1 saturated heterocycles. The lowest BCUT2D eigenvalue weighted by atomic mass is 9.85. The minimum atomic E-state index is -5.12. The van der Waals surface area contributed by atoms with Crippen LogP contribution in [0.4, 0.5) is 18.0 Å². The fraction of sp³-hybridized carbons (Fsp3) is 0.565. The number of aromatic nitrogens is 2. The lowest BCUT2D eigenvalue weighted by Crippen LogP contribution is -2.66. The lowest BCUT2D eigenvalue weighted by molar-refractivity contribution is -0.222. The van der Waals surface area contributed by atoms with Gasteiger partial charge in [-0.05, 0) is 114 Å². The number of benzene rings is 2. The second-order valence-electron chi connectivity index (χ2n) is 18.8. The molecule has 2 aliphatic heterocycles. The van der Waals surface area contributed by atoms with E-state index in [0.717, 1.165) is 4.90 Å². The average Bonchev–Trinajstić information content (AvgIpc) is 4.17. The van der Waals surface area contributed by atoms with Gasteiger partial charge in [0.05, 0.1) is 35.9 Å². The smallest absolute Gasteiger partial charge is 0.411 e. The van der Waals surface area contributed by atoms with Gasteiger partial charge < -0.3 is 29.5 Å². The van der Waals surface area contributed by atoms with Crippen LogP contribution in [0.5, 0.6) is 17.4 Å². The number of carbonyl (C=O) groups excluding carboxylic acids is 3. The largest absolute Gasteiger partial charge is 0.497 e. The minimum Gasteiger partial charge on any atom is -0.497 e. The highest BCUT2D eigenvalue weighted by molar-refractivity contribution is 7.91. The van der Waals surface area contributed by atoms with Crippen molar-refractivity contribution in [2.45, 2.75) is 133 Å². The summed E-state index contributed by atoms with van der Waals surface area (Å²) in [5.74, 6) is -3.38. The molecule has 1 aromatic heterocycles. The summed E-state index contributed by atoms with van der Waals surface area (Å²) in [6, 6.07) is 8.58. The molecule has 0 spiro atoms. The highest BCUT2D eigenvalue weighted by Crippen LogP contribution is 2.47. The number of carboxylic acid groups (broad SMARTS) is 1. The number of alkyl halides is 3. The first-order chi connectivity index (χ1) is 30.9. The number of hydrogen-bond donors (Lipinski definition) is 3. The van der Waals surface area contributed by atoms with Crippen molar-refractivity contribution in [3.63, 3.8) is 0 Å². The SMILES string of the molecule is COc1ccc2c(O[C@@H]3C[C@H]4C(=O)N[C@]5(C(=O)NS(=O)(=O)C6CC6)C[C@H]5C=CCC[C@@H](C)C[C@@H](C)[C@H](N(C(=O)O)C(C)(C)C(F)(F)F)C(=O)N4C3)nc(-c3ccc(OC(C)C)cc3)nc2c1. The standard InChI is InChI=1S/C46H57F3N6O10S/c1-25(2)64-30-14-12-28(13-15-30)38-50-35-21-31(63-7)16-19-34(35)40(51-38)65-32-22-36-39(56)52-45(42(58)53-66(61,62)33-17-18-33)23-29(45)11-9-8-10-26(3)20-27(4)37(41(57)54(36)24-32)55(43(59)60)44(5,6)46(47,48)49/h9,11-16,19,21,25-27,29,32-33,36-37H,8,10,17-18,20,22-24H2,1-7H3,(H,52,56)(H,53,58)(H,59,60)/t26-,27-,29-,32-,36+,37+,45-/m1/s1. The maximum absolute atomic E-state index is 15.2. The molecule has 7 rings (SSSR count). The summed E-state index contributed by atoms with van der Waals surface area (Å²) in [6.45, 7) is 8.13. The number of amides is 4. The maximum atomic E-state index is 15.2. The van der Waals surface area contributed by atoms with Crippen LogP contribution < -0.4 is 24.2 Å². The Morgan fingerprint density at radius 3 is 2.32 bits per heavy atom. The molecule has 66 heavy (non-hydrogen) atoms. The van der Waals surface area contributed by atoms with Gasteiger partial charge in [0.15, 0.2) is 5.82 Å². The minimum absolute atomic E-state index is 0.0351. The van der Waals surface area contributed by atoms with Gasteiger partial charge in [-0.3, -0.25) is 24.0 Å². The Bertz CT molecular complexity index is 2500. The summed E-state index contributed by atoms with van der Waals surface area (Å²) in [7, 11) is -2.56. The summed E-state index contributed by atoms with van der Waals surface area (Å²) in [4.78, 5) is 67.7. The number of sulfonamides is 1. The van der Waals surface area contributed by atoms with E-state index in [1.807, 2.05) is 20.8 Å². The fourth-order valence-electron chi connectivity index (χ4n) is 9.02. The van der Waals surface area contributed by atoms with Crippen molar-refractivity contribution in [3.05, 3.63) is 54.6 Å². The molecule has 0 unspecified atom stereocenters. The molecule has 0 bridgehead atoms. The number of halogens is 3. The molecule has 3 aromatic rings. The molecule has 4 aliphatic rings. The zero-order chi connectivity index (χ0) is 48.1. The Balaban J connectivity index is 1.31. The van der Waals surface area contributed by atoms with Crippen LogP contribution in [0.2, 0.25) is 0 Å². The number of ether oxygens (including phenoxy) is 3. The molecular formula is C46H57F3N6O10S. The third-order valence-electron chi connectivity index (χ3n) is 13.0. The van der Waals surface area contributed by atoms with Crippen LogP contribution >= 0.6 is 0 Å². The van der Waals surface area contributed by atoms with Crippen molar-refractivity contribution in [2.24, 2.45) is 17.8 Å². The van der Waals surface area contributed by atoms with Crippen LogP contribution in [0.25, 0.3) is 22.3 Å². The van der Waals surface area contributed by atoms with Gasteiger partial charge in [-0.15, -0.1) is 0 Å². The molecule has 16 nitrogen and oxygen atoms in total. The van der Waals surface area contributed by atoms with Crippen LogP contribution in [-0.4, -0.2) is 118 Å². The van der Waals surface area contributed by atoms with Crippen molar-refractivity contribution in [2.75, 3.05) is 13.7 Å². The van der Waals surface area contributed by atoms with Crippen LogP contribution in [0.3, 0.4) is 0 Å². The molecule has 3 heterocycles. The second-order valence-corrected chi connectivity index (χ2v) is 20.8. The van der Waals surface area contributed by atoms with Crippen molar-refractivity contribution in [3.8, 4) is 28.8 Å². The molecule has 7 atom stereocenters. The summed E-state index contributed by atoms with van der Waals surface area (Å²) < 4.78 is 90.6. The monoisotopic (exact) mass is 942 g/mol. The first-order valence-electron chi connectivity index (χ1n) is 22.2. The summed E-state index contributed by atoms with van der Waals surface area (Å²) in [5.41, 5.74) is -3.81. The lowest BCUT2D eigenvalue weighted by Gasteiger charge is -2.45. The van der Waals surface area contributed by atoms with E-state index in [1.165, 1.54) is 14.0 Å². The van der Waals surface area contributed by atoms with E-state index >= 15 is 4.79 Å². The molecule has 3 fully saturated rings. The molecule has 0 radical (unpaired) electrons. The van der Waals surface area contributed by atoms with Crippen molar-refractivity contribution >= 4 is 44.7 Å². The zero-order valence-electron chi connectivity index (χ0n) is 37.9. The number of nitrogens with zero attached hydrogens (tertiary/aromatic N) is 4. The number of allylic oxidation sites excluding steroid dienone is 1. The fourth-order valence-corrected chi connectivity index (χ4v) is 10.4. The van der Waals surface area contributed by atoms with E-state index in [1.54, 1.807) is 54.6 Å². The number of hydrogen-bond acceptors (Lipinski definition) is 11. The average molecular weight is 943 g/mol. The molecule has 2 aromatic carbocycles. The highest BCUT2D eigenvalue weighted by atomic mass is 32.2. The molecule has 2 aliphatic carbocycles. The van der Waals surface area contributed by atoms with Crippen molar-refractivity contribution < 1.29 is 60.1 Å². The summed E-state index contributed by atoms with van der Waals surface area (Å²) in [5, 5.41) is 13.0. The molecule has 2 saturated carbocycles. The Hall–Kier alpha value is -5.66. The maximum Gasteiger partial charge on any atom is 0.411 e. The third-order valence-corrected chi connectivity index (χ3v) is 14.8. The Labute approximate surface area is 381 Å². The summed E-state index contributed by atoms with van der Waals surface area (Å²) >= 11 is 0. The van der Waals surface area contributed by atoms with E-state index in [4.69, 9.17) is 24.2 Å². The first kappa shape index (κ1) is 48.3. The van der Waals surface area contributed by atoms with E-state index in [9.17, 15) is 41.1 Å². The number of fused-ring (bicyclic) bond motifs is 3. The first-order valence-corrected chi connectivity index (χ1v) is 23.7. The number of methoxy groups -OCH3 is 1. The number of nitrogens with one attached hydrogen (secondary N) is 2. The van der Waals surface area contributed by atoms with Gasteiger partial charge in [-0.1, -0.05) is 26.0 Å². The van der Waals surface area contributed by atoms with Crippen molar-refractivity contribution in [1.29, 1.82) is 0 Å². The van der Waals surface area contributed by atoms with Gasteiger partial charge in [-0.2, -0.15) is 18.2 Å². The van der Waals surface area contributed by atoms with Gasteiger partial charge in [0.1, 0.15) is 40.8 Å². The Morgan fingerprint density at radius 1 is 1.02 bits per heavy atom. The van der Waals surface area contributed by atoms with Crippen LogP contribution in [-0.2, 0) is 24.4 Å². The van der Waals surface area contributed by atoms with Crippen LogP contribution in [0.1, 0.15) is 86.5 Å². The highest BCUT2D eigenvalue weighted by Gasteiger charge is 2.63. The van der Waals surface area contributed by atoms with Gasteiger partial charge >= 0.3 is 12.3 Å². The van der Waals surface area contributed by atoms with Gasteiger partial charge in [-0.25, -0.2) is 18.2 Å². The Kier molecular flexibility index (Phi) is 13.3. The molecule has 20 heteroatoms. The predicted octanol–water partition coefficient (Wildman–Crippen LogP) is 6.63. The van der Waals surface area contributed by atoms with Crippen molar-refractivity contribution in [1.82, 2.24) is 29.8 Å². The zero-order valence-corrected chi connectivity index (χ0v) is 38.7. The van der Waals surface area contributed by atoms with E-state index in [-0.39, 0.29) is 47.9 Å². The van der Waals surface area contributed by atoms with Gasteiger partial charge in [0.25, 0.3) is 5.91 Å². The predicted molar refractivity (Wildman–Crippen MR) is 236 cm³/mol. The topological polar surface area (TPSA) is 207 Å². The van der Waals surface area contributed by atoms with Gasteiger partial charge in [0, 0.05) is 24.0 Å². The van der Waals surface area contributed by atoms with E-state index in [0.29, 0.717) is 67.5 Å². The summed E-state index contributed by atoms with van der Waals surface area (Å²) in [6.07, 6.45) is -3.13. The van der Waals surface area contributed by atoms with Crippen LogP contribution in [0.15, 0.2) is 54.6 Å². The van der Waals surface area contributed by atoms with E-state index in [2.05, 4.69) is 10.0 Å². The van der Waals surface area contributed by atoms with E-state index < -0.39 is 92.9 Å². The number of rotatable bonds is 11. The Morgan fingerprint density at radius 2 is 1.70 bits per heavy atom. The quantitative estimate of drug-likeness (QED) is 0.173. The normalized spacial score (nSPS) is 26.4. The molecular weight excluding hydrogens is 886 g/mol. The third kappa shape index (κ3) is 9.88. The molecule has 3 N–H and O–H groups in total. The van der Waals surface area contributed by atoms with Gasteiger partial charge in [0.2, 0.25) is 27.7 Å². The molecule has 4 amide bonds. The second kappa shape index (κ2) is 18.2.